The van der Waals surface area contributed by atoms with Gasteiger partial charge in [-0.05, 0) is 44.7 Å². The van der Waals surface area contributed by atoms with Gasteiger partial charge in [0, 0.05) is 12.2 Å². The fourth-order valence-corrected chi connectivity index (χ4v) is 4.18. The first-order valence-corrected chi connectivity index (χ1v) is 8.57. The van der Waals surface area contributed by atoms with Gasteiger partial charge in [0.1, 0.15) is 5.60 Å². The second-order valence-electron chi connectivity index (χ2n) is 8.08. The quantitative estimate of drug-likeness (QED) is 0.857. The van der Waals surface area contributed by atoms with Gasteiger partial charge in [-0.15, -0.1) is 0 Å². The molecule has 1 N–H and O–H groups in total. The van der Waals surface area contributed by atoms with Crippen LogP contribution < -0.4 is 5.32 Å². The van der Waals surface area contributed by atoms with E-state index in [1.54, 1.807) is 4.90 Å². The van der Waals surface area contributed by atoms with E-state index in [1.165, 1.54) is 0 Å². The van der Waals surface area contributed by atoms with Crippen molar-refractivity contribution in [3.05, 3.63) is 29.8 Å². The van der Waals surface area contributed by atoms with Gasteiger partial charge in [0.25, 0.3) is 0 Å². The number of nitrogens with zero attached hydrogens (tertiary/aromatic N) is 1. The lowest BCUT2D eigenvalue weighted by Crippen LogP contribution is -2.52. The standard InChI is InChI=1S/C19H26N2O3/c1-12(2)15-19(10-11-21(15)17(23)24-18(3,4)5)13-8-6-7-9-14(13)20-16(19)22/h6-9,12,15H,10-11H2,1-5H3,(H,20,22). The number of nitrogens with one attached hydrogen (secondary N) is 1. The van der Waals surface area contributed by atoms with Crippen LogP contribution >= 0.6 is 0 Å². The third-order valence-electron chi connectivity index (χ3n) is 4.91. The summed E-state index contributed by atoms with van der Waals surface area (Å²) in [6.07, 6.45) is 0.285. The minimum absolute atomic E-state index is 0.00606. The van der Waals surface area contributed by atoms with Crippen LogP contribution in [0.4, 0.5) is 10.5 Å². The zero-order valence-corrected chi connectivity index (χ0v) is 15.1. The van der Waals surface area contributed by atoms with Crippen LogP contribution in [0.25, 0.3) is 0 Å². The van der Waals surface area contributed by atoms with E-state index in [0.29, 0.717) is 13.0 Å². The van der Waals surface area contributed by atoms with Gasteiger partial charge in [-0.3, -0.25) is 4.79 Å². The van der Waals surface area contributed by atoms with Crippen molar-refractivity contribution in [3.63, 3.8) is 0 Å². The Labute approximate surface area is 143 Å². The topological polar surface area (TPSA) is 58.6 Å². The molecule has 1 saturated heterocycles. The highest BCUT2D eigenvalue weighted by Crippen LogP contribution is 2.50. The summed E-state index contributed by atoms with van der Waals surface area (Å²) >= 11 is 0. The molecule has 5 nitrogen and oxygen atoms in total. The van der Waals surface area contributed by atoms with Gasteiger partial charge >= 0.3 is 6.09 Å². The Morgan fingerprint density at radius 1 is 1.33 bits per heavy atom. The Bertz CT molecular complexity index is 677. The van der Waals surface area contributed by atoms with Crippen LogP contribution in [0.5, 0.6) is 0 Å². The number of ether oxygens (including phenoxy) is 1. The van der Waals surface area contributed by atoms with E-state index in [-0.39, 0.29) is 24.0 Å². The summed E-state index contributed by atoms with van der Waals surface area (Å²) in [7, 11) is 0. The molecule has 1 aromatic carbocycles. The zero-order valence-electron chi connectivity index (χ0n) is 15.1. The summed E-state index contributed by atoms with van der Waals surface area (Å²) in [4.78, 5) is 27.4. The van der Waals surface area contributed by atoms with Crippen molar-refractivity contribution in [2.45, 2.75) is 58.1 Å². The average Bonchev–Trinajstić information content (AvgIpc) is 2.99. The molecule has 1 spiro atoms. The normalized spacial score (nSPS) is 26.0. The molecule has 2 heterocycles. The van der Waals surface area contributed by atoms with Gasteiger partial charge in [-0.2, -0.15) is 0 Å². The number of carbonyl (C=O) groups is 2. The van der Waals surface area contributed by atoms with Crippen LogP contribution in [-0.4, -0.2) is 35.1 Å². The molecule has 24 heavy (non-hydrogen) atoms. The van der Waals surface area contributed by atoms with Crippen molar-refractivity contribution in [2.24, 2.45) is 5.92 Å². The van der Waals surface area contributed by atoms with E-state index in [2.05, 4.69) is 19.2 Å². The molecule has 2 aliphatic heterocycles. The zero-order chi connectivity index (χ0) is 17.7. The molecule has 2 unspecified atom stereocenters. The number of benzene rings is 1. The summed E-state index contributed by atoms with van der Waals surface area (Å²) in [6.45, 7) is 10.2. The largest absolute Gasteiger partial charge is 0.444 e. The summed E-state index contributed by atoms with van der Waals surface area (Å²) in [5.74, 6) is 0.130. The number of para-hydroxylation sites is 1. The maximum absolute atomic E-state index is 12.9. The molecule has 130 valence electrons. The van der Waals surface area contributed by atoms with Gasteiger partial charge in [0.2, 0.25) is 5.91 Å². The molecule has 0 bridgehead atoms. The SMILES string of the molecule is CC(C)C1N(C(=O)OC(C)(C)C)CCC12C(=O)Nc1ccccc12. The molecular weight excluding hydrogens is 304 g/mol. The molecule has 5 heteroatoms. The van der Waals surface area contributed by atoms with Crippen LogP contribution in [0.2, 0.25) is 0 Å². The van der Waals surface area contributed by atoms with E-state index in [4.69, 9.17) is 4.74 Å². The van der Waals surface area contributed by atoms with E-state index in [9.17, 15) is 9.59 Å². The Kier molecular flexibility index (Phi) is 3.85. The van der Waals surface area contributed by atoms with E-state index >= 15 is 0 Å². The van der Waals surface area contributed by atoms with Crippen molar-refractivity contribution in [1.29, 1.82) is 0 Å². The van der Waals surface area contributed by atoms with E-state index < -0.39 is 11.0 Å². The molecule has 0 aliphatic carbocycles. The molecule has 2 aliphatic rings. The van der Waals surface area contributed by atoms with E-state index in [1.807, 2.05) is 45.0 Å². The van der Waals surface area contributed by atoms with Gasteiger partial charge in [0.15, 0.2) is 0 Å². The van der Waals surface area contributed by atoms with E-state index in [0.717, 1.165) is 11.3 Å². The highest BCUT2D eigenvalue weighted by molar-refractivity contribution is 6.07. The van der Waals surface area contributed by atoms with Gasteiger partial charge in [-0.1, -0.05) is 32.0 Å². The molecule has 0 saturated carbocycles. The second-order valence-corrected chi connectivity index (χ2v) is 8.08. The van der Waals surface area contributed by atoms with Gasteiger partial charge < -0.3 is 15.0 Å². The number of likely N-dealkylation sites (tertiary alicyclic amines) is 1. The minimum Gasteiger partial charge on any atom is -0.444 e. The summed E-state index contributed by atoms with van der Waals surface area (Å²) in [5, 5.41) is 3.01. The lowest BCUT2D eigenvalue weighted by Gasteiger charge is -2.37. The van der Waals surface area contributed by atoms with Gasteiger partial charge in [0.05, 0.1) is 11.5 Å². The third kappa shape index (κ3) is 2.46. The minimum atomic E-state index is -0.679. The van der Waals surface area contributed by atoms with Crippen molar-refractivity contribution >= 4 is 17.7 Å². The van der Waals surface area contributed by atoms with Crippen molar-refractivity contribution < 1.29 is 14.3 Å². The highest BCUT2D eigenvalue weighted by atomic mass is 16.6. The summed E-state index contributed by atoms with van der Waals surface area (Å²) < 4.78 is 5.58. The molecule has 1 fully saturated rings. The molecular formula is C19H26N2O3. The van der Waals surface area contributed by atoms with Crippen molar-refractivity contribution in [1.82, 2.24) is 4.90 Å². The predicted octanol–water partition coefficient (Wildman–Crippen LogP) is 3.54. The third-order valence-corrected chi connectivity index (χ3v) is 4.91. The molecule has 0 aromatic heterocycles. The number of hydrogen-bond donors (Lipinski definition) is 1. The first-order chi connectivity index (χ1) is 11.2. The summed E-state index contributed by atoms with van der Waals surface area (Å²) in [6, 6.07) is 7.59. The monoisotopic (exact) mass is 330 g/mol. The number of fused-ring (bicyclic) bond motifs is 2. The van der Waals surface area contributed by atoms with Crippen LogP contribution in [0, 0.1) is 5.92 Å². The number of carbonyl (C=O) groups excluding carboxylic acids is 2. The van der Waals surface area contributed by atoms with Crippen LogP contribution in [0.1, 0.15) is 46.6 Å². The van der Waals surface area contributed by atoms with Gasteiger partial charge in [-0.25, -0.2) is 4.79 Å². The second kappa shape index (κ2) is 5.50. The lowest BCUT2D eigenvalue weighted by molar-refractivity contribution is -0.122. The smallest absolute Gasteiger partial charge is 0.410 e. The predicted molar refractivity (Wildman–Crippen MR) is 92.9 cm³/mol. The fourth-order valence-electron chi connectivity index (χ4n) is 4.18. The Balaban J connectivity index is 2.02. The Hall–Kier alpha value is -2.04. The highest BCUT2D eigenvalue weighted by Gasteiger charge is 2.60. The molecule has 1 aromatic rings. The first-order valence-electron chi connectivity index (χ1n) is 8.57. The maximum Gasteiger partial charge on any atom is 0.410 e. The number of amides is 2. The molecule has 0 radical (unpaired) electrons. The first kappa shape index (κ1) is 16.8. The lowest BCUT2D eigenvalue weighted by atomic mass is 9.71. The number of anilines is 1. The molecule has 3 rings (SSSR count). The summed E-state index contributed by atoms with van der Waals surface area (Å²) in [5.41, 5.74) is 0.630. The number of hydrogen-bond acceptors (Lipinski definition) is 3. The van der Waals surface area contributed by atoms with Crippen molar-refractivity contribution in [3.8, 4) is 0 Å². The fraction of sp³-hybridized carbons (Fsp3) is 0.579. The maximum atomic E-state index is 12.9. The molecule has 2 atom stereocenters. The van der Waals surface area contributed by atoms with Crippen LogP contribution in [-0.2, 0) is 14.9 Å². The Morgan fingerprint density at radius 3 is 2.62 bits per heavy atom. The number of rotatable bonds is 1. The average molecular weight is 330 g/mol. The van der Waals surface area contributed by atoms with Crippen LogP contribution in [0.15, 0.2) is 24.3 Å². The molecule has 2 amide bonds. The Morgan fingerprint density at radius 2 is 2.00 bits per heavy atom. The van der Waals surface area contributed by atoms with Crippen molar-refractivity contribution in [2.75, 3.05) is 11.9 Å². The van der Waals surface area contributed by atoms with Crippen LogP contribution in [0.3, 0.4) is 0 Å².